The maximum absolute atomic E-state index is 6.49. The third-order valence-corrected chi connectivity index (χ3v) is 16.1. The second kappa shape index (κ2) is 15.7. The Bertz CT molecular complexity index is 4340. The maximum atomic E-state index is 6.49. The van der Waals surface area contributed by atoms with E-state index in [-0.39, 0.29) is 10.8 Å². The highest BCUT2D eigenvalue weighted by molar-refractivity contribution is 6.21. The van der Waals surface area contributed by atoms with Crippen LogP contribution in [0.2, 0.25) is 0 Å². The molecule has 2 heterocycles. The van der Waals surface area contributed by atoms with Gasteiger partial charge in [-0.05, 0) is 150 Å². The number of para-hydroxylation sites is 4. The third-order valence-electron chi connectivity index (χ3n) is 16.1. The van der Waals surface area contributed by atoms with Crippen LogP contribution in [0.5, 0.6) is 0 Å². The van der Waals surface area contributed by atoms with Crippen LogP contribution in [0.25, 0.3) is 87.3 Å². The summed E-state index contributed by atoms with van der Waals surface area (Å²) in [6, 6.07) is 79.6. The molecule has 0 saturated heterocycles. The summed E-state index contributed by atoms with van der Waals surface area (Å²) >= 11 is 0. The van der Waals surface area contributed by atoms with Gasteiger partial charge in [-0.3, -0.25) is 0 Å². The Labute approximate surface area is 425 Å². The predicted octanol–water partition coefficient (Wildman–Crippen LogP) is 20.2. The van der Waals surface area contributed by atoms with Crippen molar-refractivity contribution < 1.29 is 8.83 Å². The van der Waals surface area contributed by atoms with Crippen LogP contribution in [-0.4, -0.2) is 0 Å². The van der Waals surface area contributed by atoms with E-state index >= 15 is 0 Å². The number of benzene rings is 11. The van der Waals surface area contributed by atoms with Crippen LogP contribution < -0.4 is 9.80 Å². The van der Waals surface area contributed by atoms with Crippen molar-refractivity contribution in [1.82, 2.24) is 0 Å². The SMILES string of the molecule is CC(C)(C)C1(C(C)(C)C)c2c(ccc3cc(N(c4ccccc4)c4ccc5c(c4)oc4ccccc45)ccc23)-c2c1c1ccc(N(c3ccccc3)c3ccc4c(c3)oc3ccccc34)cc1c1ccccc21. The molecule has 2 aromatic heterocycles. The molecule has 0 fully saturated rings. The molecule has 11 aromatic carbocycles. The van der Waals surface area contributed by atoms with E-state index in [1.54, 1.807) is 0 Å². The fourth-order valence-electron chi connectivity index (χ4n) is 13.6. The van der Waals surface area contributed by atoms with Crippen LogP contribution >= 0.6 is 0 Å². The lowest BCUT2D eigenvalue weighted by Crippen LogP contribution is -2.50. The first-order chi connectivity index (χ1) is 35.5. The zero-order valence-electron chi connectivity index (χ0n) is 42.0. The van der Waals surface area contributed by atoms with Gasteiger partial charge >= 0.3 is 0 Å². The van der Waals surface area contributed by atoms with E-state index in [9.17, 15) is 0 Å². The van der Waals surface area contributed by atoms with E-state index < -0.39 is 5.41 Å². The number of rotatable bonds is 6. The van der Waals surface area contributed by atoms with Gasteiger partial charge in [0.05, 0.1) is 0 Å². The molecule has 0 atom stereocenters. The lowest BCUT2D eigenvalue weighted by Gasteiger charge is -2.54. The van der Waals surface area contributed by atoms with Gasteiger partial charge in [0.1, 0.15) is 22.3 Å². The lowest BCUT2D eigenvalue weighted by molar-refractivity contribution is 0.0977. The number of hydrogen-bond acceptors (Lipinski definition) is 4. The molecule has 4 nitrogen and oxygen atoms in total. The summed E-state index contributed by atoms with van der Waals surface area (Å²) in [7, 11) is 0. The number of furan rings is 2. The molecule has 4 heteroatoms. The summed E-state index contributed by atoms with van der Waals surface area (Å²) in [4.78, 5) is 4.74. The van der Waals surface area contributed by atoms with Crippen molar-refractivity contribution in [3.63, 3.8) is 0 Å². The molecule has 0 saturated carbocycles. The topological polar surface area (TPSA) is 32.8 Å². The highest BCUT2D eigenvalue weighted by atomic mass is 16.3. The molecule has 0 radical (unpaired) electrons. The minimum Gasteiger partial charge on any atom is -0.456 e. The van der Waals surface area contributed by atoms with Crippen molar-refractivity contribution in [3.8, 4) is 11.1 Å². The monoisotopic (exact) mass is 942 g/mol. The molecule has 0 aliphatic heterocycles. The summed E-state index contributed by atoms with van der Waals surface area (Å²) in [5.74, 6) is 0. The van der Waals surface area contributed by atoms with E-state index in [2.05, 4.69) is 252 Å². The molecule has 0 unspecified atom stereocenters. The average Bonchev–Trinajstić information content (AvgIpc) is 4.09. The molecule has 1 aliphatic rings. The van der Waals surface area contributed by atoms with Crippen molar-refractivity contribution in [2.75, 3.05) is 9.80 Å². The highest BCUT2D eigenvalue weighted by Gasteiger charge is 2.59. The first-order valence-electron chi connectivity index (χ1n) is 25.6. The number of nitrogens with zero attached hydrogens (tertiary/aromatic N) is 2. The second-order valence-corrected chi connectivity index (χ2v) is 22.1. The maximum Gasteiger partial charge on any atom is 0.137 e. The summed E-state index contributed by atoms with van der Waals surface area (Å²) in [6.45, 7) is 14.8. The lowest BCUT2D eigenvalue weighted by atomic mass is 9.49. The van der Waals surface area contributed by atoms with Crippen LogP contribution in [0.1, 0.15) is 52.7 Å². The molecule has 352 valence electrons. The molecule has 0 N–H and O–H groups in total. The Morgan fingerprint density at radius 2 is 0.726 bits per heavy atom. The minimum atomic E-state index is -0.424. The van der Waals surface area contributed by atoms with E-state index in [1.165, 1.54) is 54.6 Å². The Morgan fingerprint density at radius 1 is 0.301 bits per heavy atom. The van der Waals surface area contributed by atoms with Crippen LogP contribution in [0.15, 0.2) is 227 Å². The van der Waals surface area contributed by atoms with Crippen molar-refractivity contribution in [2.24, 2.45) is 10.8 Å². The van der Waals surface area contributed by atoms with Gasteiger partial charge in [0, 0.05) is 73.2 Å². The Morgan fingerprint density at radius 3 is 1.26 bits per heavy atom. The molecule has 0 amide bonds. The molecule has 73 heavy (non-hydrogen) atoms. The van der Waals surface area contributed by atoms with E-state index in [1.807, 2.05) is 18.2 Å². The van der Waals surface area contributed by atoms with Gasteiger partial charge in [0.15, 0.2) is 0 Å². The van der Waals surface area contributed by atoms with Crippen molar-refractivity contribution >= 4 is 110 Å². The average molecular weight is 943 g/mol. The van der Waals surface area contributed by atoms with Gasteiger partial charge in [0.25, 0.3) is 0 Å². The quantitative estimate of drug-likeness (QED) is 0.156. The molecule has 1 aliphatic carbocycles. The van der Waals surface area contributed by atoms with Gasteiger partial charge in [-0.1, -0.05) is 163 Å². The number of anilines is 6. The second-order valence-electron chi connectivity index (χ2n) is 22.1. The smallest absolute Gasteiger partial charge is 0.137 e. The van der Waals surface area contributed by atoms with Crippen molar-refractivity contribution in [3.05, 3.63) is 230 Å². The zero-order valence-corrected chi connectivity index (χ0v) is 42.0. The summed E-state index contributed by atoms with van der Waals surface area (Å²) in [5, 5.41) is 12.1. The van der Waals surface area contributed by atoms with Crippen molar-refractivity contribution in [1.29, 1.82) is 0 Å². The Hall–Kier alpha value is -8.60. The summed E-state index contributed by atoms with van der Waals surface area (Å²) in [6.07, 6.45) is 0. The first-order valence-corrected chi connectivity index (χ1v) is 25.6. The molecule has 0 bridgehead atoms. The highest BCUT2D eigenvalue weighted by Crippen LogP contribution is 2.68. The summed E-state index contributed by atoms with van der Waals surface area (Å²) < 4.78 is 13.0. The van der Waals surface area contributed by atoms with Gasteiger partial charge in [-0.25, -0.2) is 0 Å². The van der Waals surface area contributed by atoms with Gasteiger partial charge < -0.3 is 18.6 Å². The largest absolute Gasteiger partial charge is 0.456 e. The van der Waals surface area contributed by atoms with E-state index in [4.69, 9.17) is 8.83 Å². The van der Waals surface area contributed by atoms with Gasteiger partial charge in [-0.2, -0.15) is 0 Å². The predicted molar refractivity (Wildman–Crippen MR) is 308 cm³/mol. The van der Waals surface area contributed by atoms with Crippen molar-refractivity contribution in [2.45, 2.75) is 47.0 Å². The van der Waals surface area contributed by atoms with Crippen LogP contribution in [0, 0.1) is 10.8 Å². The summed E-state index contributed by atoms with van der Waals surface area (Å²) in [5.41, 5.74) is 14.6. The molecule has 0 spiro atoms. The zero-order chi connectivity index (χ0) is 49.4. The molecular weight excluding hydrogens is 889 g/mol. The van der Waals surface area contributed by atoms with Crippen LogP contribution in [-0.2, 0) is 5.41 Å². The van der Waals surface area contributed by atoms with Gasteiger partial charge in [-0.15, -0.1) is 0 Å². The number of fused-ring (bicyclic) bond motifs is 16. The molecule has 14 rings (SSSR count). The molecular formula is C69H54N2O2. The standard InChI is InChI=1S/C69H54N2O2/c1-67(2,3)69(68(4,5)6)65-50-35-30-46(70(44-19-9-7-10-20-44)48-31-36-54-52-24-15-17-27-60(52)72-62(54)41-48)39-43(50)29-34-58(65)64-56-26-14-13-23-51(56)59-40-47(33-38-57(59)66(64)69)71(45-21-11-8-12-22-45)49-32-37-55-53-25-16-18-28-61(53)73-63(55)42-49/h7-42H,1-6H3. The van der Waals surface area contributed by atoms with E-state index in [0.29, 0.717) is 0 Å². The third kappa shape index (κ3) is 6.26. The van der Waals surface area contributed by atoms with Crippen LogP contribution in [0.3, 0.4) is 0 Å². The normalized spacial score (nSPS) is 13.5. The van der Waals surface area contributed by atoms with Gasteiger partial charge in [0.2, 0.25) is 0 Å². The Kier molecular flexibility index (Phi) is 9.29. The van der Waals surface area contributed by atoms with E-state index in [0.717, 1.165) is 78.0 Å². The first kappa shape index (κ1) is 43.2. The van der Waals surface area contributed by atoms with Crippen LogP contribution in [0.4, 0.5) is 34.1 Å². The Balaban J connectivity index is 0.990. The molecule has 13 aromatic rings. The minimum absolute atomic E-state index is 0.220. The number of hydrogen-bond donors (Lipinski definition) is 0. The fourth-order valence-corrected chi connectivity index (χ4v) is 13.6. The fraction of sp³-hybridized carbons (Fsp3) is 0.130.